The van der Waals surface area contributed by atoms with Crippen molar-refractivity contribution in [1.82, 2.24) is 0 Å². The molecule has 0 saturated carbocycles. The van der Waals surface area contributed by atoms with Crippen LogP contribution in [0, 0.1) is 6.92 Å². The standard InChI is InChI=1S/C10H19O/c1-3-5-6-7-8-9-10-11-4-2/h3,5H,2,4,6-10H2,1H3. The molecule has 0 aromatic rings. The van der Waals surface area contributed by atoms with Gasteiger partial charge in [-0.25, -0.2) is 0 Å². The number of allylic oxidation sites excluding steroid dienone is 2. The molecule has 65 valence electrons. The monoisotopic (exact) mass is 155 g/mol. The van der Waals surface area contributed by atoms with Crippen molar-refractivity contribution >= 4 is 0 Å². The molecular weight excluding hydrogens is 136 g/mol. The summed E-state index contributed by atoms with van der Waals surface area (Å²) in [6.45, 7) is 7.14. The molecule has 0 rings (SSSR count). The van der Waals surface area contributed by atoms with E-state index in [1.807, 2.05) is 0 Å². The van der Waals surface area contributed by atoms with E-state index in [1.165, 1.54) is 25.7 Å². The van der Waals surface area contributed by atoms with Gasteiger partial charge < -0.3 is 4.74 Å². The van der Waals surface area contributed by atoms with Gasteiger partial charge in [-0.3, -0.25) is 0 Å². The zero-order chi connectivity index (χ0) is 8.36. The maximum Gasteiger partial charge on any atom is 0.0466 e. The average molecular weight is 155 g/mol. The van der Waals surface area contributed by atoms with E-state index in [0.717, 1.165) is 6.61 Å². The Bertz CT molecular complexity index is 86.9. The second kappa shape index (κ2) is 9.70. The summed E-state index contributed by atoms with van der Waals surface area (Å²) in [6.07, 6.45) is 9.25. The van der Waals surface area contributed by atoms with Crippen LogP contribution in [0.3, 0.4) is 0 Å². The molecule has 1 radical (unpaired) electrons. The van der Waals surface area contributed by atoms with E-state index in [2.05, 4.69) is 26.0 Å². The van der Waals surface area contributed by atoms with Crippen LogP contribution in [-0.2, 0) is 4.74 Å². The van der Waals surface area contributed by atoms with Gasteiger partial charge in [-0.2, -0.15) is 0 Å². The fraction of sp³-hybridized carbons (Fsp3) is 0.700. The van der Waals surface area contributed by atoms with Crippen molar-refractivity contribution in [2.75, 3.05) is 13.2 Å². The maximum absolute atomic E-state index is 5.11. The molecule has 0 heterocycles. The van der Waals surface area contributed by atoms with Gasteiger partial charge in [0, 0.05) is 13.2 Å². The first-order chi connectivity index (χ1) is 5.41. The van der Waals surface area contributed by atoms with Crippen LogP contribution in [0.1, 0.15) is 32.6 Å². The number of hydrogen-bond donors (Lipinski definition) is 0. The van der Waals surface area contributed by atoms with E-state index in [4.69, 9.17) is 4.74 Å². The zero-order valence-corrected chi connectivity index (χ0v) is 7.51. The first-order valence-corrected chi connectivity index (χ1v) is 4.40. The zero-order valence-electron chi connectivity index (χ0n) is 7.51. The average Bonchev–Trinajstić information content (AvgIpc) is 2.03. The molecular formula is C10H19O. The van der Waals surface area contributed by atoms with Gasteiger partial charge in [0.2, 0.25) is 0 Å². The van der Waals surface area contributed by atoms with E-state index in [9.17, 15) is 0 Å². The van der Waals surface area contributed by atoms with Gasteiger partial charge in [0.1, 0.15) is 0 Å². The largest absolute Gasteiger partial charge is 0.381 e. The van der Waals surface area contributed by atoms with E-state index in [-0.39, 0.29) is 0 Å². The molecule has 0 aliphatic carbocycles. The van der Waals surface area contributed by atoms with E-state index in [0.29, 0.717) is 6.61 Å². The highest BCUT2D eigenvalue weighted by molar-refractivity contribution is 4.76. The maximum atomic E-state index is 5.11. The first kappa shape index (κ1) is 10.7. The van der Waals surface area contributed by atoms with Crippen LogP contribution in [0.15, 0.2) is 12.2 Å². The highest BCUT2D eigenvalue weighted by Gasteiger charge is 1.86. The second-order valence-corrected chi connectivity index (χ2v) is 2.53. The molecule has 0 unspecified atom stereocenters. The molecule has 0 saturated heterocycles. The Balaban J connectivity index is 2.79. The molecule has 0 bridgehead atoms. The smallest absolute Gasteiger partial charge is 0.0466 e. The summed E-state index contributed by atoms with van der Waals surface area (Å²) < 4.78 is 5.11. The molecule has 0 aliphatic rings. The number of unbranched alkanes of at least 4 members (excludes halogenated alkanes) is 3. The van der Waals surface area contributed by atoms with Gasteiger partial charge in [-0.1, -0.05) is 18.6 Å². The van der Waals surface area contributed by atoms with Crippen molar-refractivity contribution < 1.29 is 4.74 Å². The molecule has 0 N–H and O–H groups in total. The number of hydrogen-bond acceptors (Lipinski definition) is 1. The summed E-state index contributed by atoms with van der Waals surface area (Å²) in [5, 5.41) is 0. The van der Waals surface area contributed by atoms with Gasteiger partial charge in [0.05, 0.1) is 0 Å². The lowest BCUT2D eigenvalue weighted by molar-refractivity contribution is 0.156. The summed E-state index contributed by atoms with van der Waals surface area (Å²) in [4.78, 5) is 0. The van der Waals surface area contributed by atoms with Crippen LogP contribution in [0.5, 0.6) is 0 Å². The second-order valence-electron chi connectivity index (χ2n) is 2.53. The lowest BCUT2D eigenvalue weighted by atomic mass is 10.2. The van der Waals surface area contributed by atoms with Crippen molar-refractivity contribution in [1.29, 1.82) is 0 Å². The Hall–Kier alpha value is -0.300. The van der Waals surface area contributed by atoms with E-state index in [1.54, 1.807) is 0 Å². The van der Waals surface area contributed by atoms with Gasteiger partial charge >= 0.3 is 0 Å². The number of rotatable bonds is 7. The summed E-state index contributed by atoms with van der Waals surface area (Å²) in [6, 6.07) is 0. The molecule has 0 fully saturated rings. The Morgan fingerprint density at radius 1 is 1.27 bits per heavy atom. The van der Waals surface area contributed by atoms with Gasteiger partial charge in [0.15, 0.2) is 0 Å². The minimum absolute atomic E-state index is 0.606. The molecule has 1 nitrogen and oxygen atoms in total. The summed E-state index contributed by atoms with van der Waals surface area (Å²) in [7, 11) is 0. The first-order valence-electron chi connectivity index (χ1n) is 4.40. The molecule has 0 aliphatic heterocycles. The SMILES string of the molecule is [CH2]COCCCCCC=CC. The third-order valence-corrected chi connectivity index (χ3v) is 1.54. The van der Waals surface area contributed by atoms with Gasteiger partial charge in [-0.15, -0.1) is 0 Å². The highest BCUT2D eigenvalue weighted by atomic mass is 16.5. The quantitative estimate of drug-likeness (QED) is 0.405. The molecule has 11 heavy (non-hydrogen) atoms. The van der Waals surface area contributed by atoms with Crippen molar-refractivity contribution in [3.63, 3.8) is 0 Å². The lowest BCUT2D eigenvalue weighted by Crippen LogP contribution is -1.92. The Labute approximate surface area is 70.4 Å². The Kier molecular flexibility index (Phi) is 9.44. The molecule has 0 amide bonds. The lowest BCUT2D eigenvalue weighted by Gasteiger charge is -1.98. The summed E-state index contributed by atoms with van der Waals surface area (Å²) in [5.41, 5.74) is 0. The highest BCUT2D eigenvalue weighted by Crippen LogP contribution is 2.00. The summed E-state index contributed by atoms with van der Waals surface area (Å²) in [5.74, 6) is 0. The van der Waals surface area contributed by atoms with Crippen LogP contribution in [0.4, 0.5) is 0 Å². The third kappa shape index (κ3) is 9.70. The van der Waals surface area contributed by atoms with Gasteiger partial charge in [0.25, 0.3) is 0 Å². The molecule has 0 atom stereocenters. The fourth-order valence-electron chi connectivity index (χ4n) is 0.912. The van der Waals surface area contributed by atoms with E-state index < -0.39 is 0 Å². The van der Waals surface area contributed by atoms with E-state index >= 15 is 0 Å². The fourth-order valence-corrected chi connectivity index (χ4v) is 0.912. The van der Waals surface area contributed by atoms with Crippen LogP contribution in [0.2, 0.25) is 0 Å². The molecule has 0 aromatic carbocycles. The Morgan fingerprint density at radius 3 is 2.73 bits per heavy atom. The van der Waals surface area contributed by atoms with Crippen molar-refractivity contribution in [2.45, 2.75) is 32.6 Å². The topological polar surface area (TPSA) is 9.23 Å². The van der Waals surface area contributed by atoms with Crippen molar-refractivity contribution in [3.05, 3.63) is 19.1 Å². The van der Waals surface area contributed by atoms with Gasteiger partial charge in [-0.05, 0) is 33.1 Å². The minimum Gasteiger partial charge on any atom is -0.381 e. The van der Waals surface area contributed by atoms with Crippen LogP contribution >= 0.6 is 0 Å². The van der Waals surface area contributed by atoms with Crippen LogP contribution in [-0.4, -0.2) is 13.2 Å². The predicted octanol–water partition coefficient (Wildman–Crippen LogP) is 2.97. The number of ether oxygens (including phenoxy) is 1. The third-order valence-electron chi connectivity index (χ3n) is 1.54. The Morgan fingerprint density at radius 2 is 2.09 bits per heavy atom. The molecule has 0 aromatic heterocycles. The molecule has 0 spiro atoms. The van der Waals surface area contributed by atoms with Crippen molar-refractivity contribution in [2.24, 2.45) is 0 Å². The van der Waals surface area contributed by atoms with Crippen LogP contribution < -0.4 is 0 Å². The summed E-state index contributed by atoms with van der Waals surface area (Å²) >= 11 is 0. The van der Waals surface area contributed by atoms with Crippen molar-refractivity contribution in [3.8, 4) is 0 Å². The predicted molar refractivity (Wildman–Crippen MR) is 49.5 cm³/mol. The normalized spacial score (nSPS) is 11.1. The van der Waals surface area contributed by atoms with Crippen LogP contribution in [0.25, 0.3) is 0 Å². The molecule has 1 heteroatoms. The minimum atomic E-state index is 0.606.